The van der Waals surface area contributed by atoms with Crippen LogP contribution in [0.1, 0.15) is 38.2 Å². The van der Waals surface area contributed by atoms with Gasteiger partial charge in [0, 0.05) is 31.2 Å². The minimum absolute atomic E-state index is 0.0905. The molecule has 0 spiro atoms. The molecule has 0 bridgehead atoms. The van der Waals surface area contributed by atoms with Crippen LogP contribution in [0.4, 0.5) is 11.4 Å². The molecule has 2 saturated heterocycles. The van der Waals surface area contributed by atoms with Crippen LogP contribution in [0.2, 0.25) is 0 Å². The van der Waals surface area contributed by atoms with E-state index in [0.717, 1.165) is 31.5 Å². The van der Waals surface area contributed by atoms with Gasteiger partial charge in [-0.3, -0.25) is 15.0 Å². The second kappa shape index (κ2) is 6.84. The molecule has 6 nitrogen and oxygen atoms in total. The second-order valence-electron chi connectivity index (χ2n) is 6.69. The van der Waals surface area contributed by atoms with E-state index in [9.17, 15) is 15.2 Å². The van der Waals surface area contributed by atoms with Crippen molar-refractivity contribution >= 4 is 11.4 Å². The van der Waals surface area contributed by atoms with Crippen molar-refractivity contribution in [3.05, 3.63) is 33.9 Å². The highest BCUT2D eigenvalue weighted by Gasteiger charge is 2.32. The predicted molar refractivity (Wildman–Crippen MR) is 89.7 cm³/mol. The van der Waals surface area contributed by atoms with Gasteiger partial charge in [0.1, 0.15) is 5.69 Å². The van der Waals surface area contributed by atoms with Gasteiger partial charge in [-0.2, -0.15) is 0 Å². The van der Waals surface area contributed by atoms with E-state index in [2.05, 4.69) is 16.7 Å². The first kappa shape index (κ1) is 16.2. The van der Waals surface area contributed by atoms with E-state index < -0.39 is 0 Å². The van der Waals surface area contributed by atoms with Crippen LogP contribution in [-0.4, -0.2) is 46.6 Å². The molecule has 1 atom stereocenters. The number of hydrogen-bond donors (Lipinski definition) is 1. The Kier molecular flexibility index (Phi) is 4.82. The number of aliphatic hydroxyl groups is 1. The fourth-order valence-corrected chi connectivity index (χ4v) is 4.01. The lowest BCUT2D eigenvalue weighted by Gasteiger charge is -2.39. The SMILES string of the molecule is CC1CCCN1C1CCN(c2cc(CO)ccc2[N+](=O)[O-])CC1. The van der Waals surface area contributed by atoms with Crippen molar-refractivity contribution in [2.75, 3.05) is 24.5 Å². The van der Waals surface area contributed by atoms with Crippen LogP contribution in [0.15, 0.2) is 18.2 Å². The number of benzene rings is 1. The van der Waals surface area contributed by atoms with Gasteiger partial charge in [0.2, 0.25) is 0 Å². The molecule has 23 heavy (non-hydrogen) atoms. The Morgan fingerprint density at radius 2 is 2.00 bits per heavy atom. The molecule has 0 radical (unpaired) electrons. The van der Waals surface area contributed by atoms with Gasteiger partial charge in [0.25, 0.3) is 5.69 Å². The summed E-state index contributed by atoms with van der Waals surface area (Å²) in [7, 11) is 0. The topological polar surface area (TPSA) is 69.8 Å². The lowest BCUT2D eigenvalue weighted by molar-refractivity contribution is -0.384. The van der Waals surface area contributed by atoms with Gasteiger partial charge < -0.3 is 10.0 Å². The highest BCUT2D eigenvalue weighted by atomic mass is 16.6. The quantitative estimate of drug-likeness (QED) is 0.682. The Labute approximate surface area is 136 Å². The Balaban J connectivity index is 1.73. The third-order valence-corrected chi connectivity index (χ3v) is 5.30. The van der Waals surface area contributed by atoms with Gasteiger partial charge >= 0.3 is 0 Å². The van der Waals surface area contributed by atoms with Crippen LogP contribution in [0.3, 0.4) is 0 Å². The maximum atomic E-state index is 11.3. The van der Waals surface area contributed by atoms with Gasteiger partial charge in [-0.1, -0.05) is 0 Å². The molecule has 1 aromatic rings. The molecular formula is C17H25N3O3. The van der Waals surface area contributed by atoms with Crippen molar-refractivity contribution in [2.45, 2.75) is 51.3 Å². The summed E-state index contributed by atoms with van der Waals surface area (Å²) >= 11 is 0. The largest absolute Gasteiger partial charge is 0.392 e. The molecule has 2 aliphatic heterocycles. The molecule has 1 unspecified atom stereocenters. The molecule has 3 rings (SSSR count). The smallest absolute Gasteiger partial charge is 0.292 e. The molecule has 0 aliphatic carbocycles. The molecule has 0 aromatic heterocycles. The van der Waals surface area contributed by atoms with Gasteiger partial charge in [0.05, 0.1) is 11.5 Å². The molecule has 0 saturated carbocycles. The zero-order valence-corrected chi connectivity index (χ0v) is 13.6. The number of nitro groups is 1. The van der Waals surface area contributed by atoms with Crippen LogP contribution in [-0.2, 0) is 6.61 Å². The summed E-state index contributed by atoms with van der Waals surface area (Å²) < 4.78 is 0. The zero-order chi connectivity index (χ0) is 16.4. The van der Waals surface area contributed by atoms with Crippen molar-refractivity contribution in [2.24, 2.45) is 0 Å². The number of likely N-dealkylation sites (tertiary alicyclic amines) is 1. The maximum Gasteiger partial charge on any atom is 0.292 e. The van der Waals surface area contributed by atoms with E-state index in [0.29, 0.717) is 17.8 Å². The highest BCUT2D eigenvalue weighted by Crippen LogP contribution is 2.33. The summed E-state index contributed by atoms with van der Waals surface area (Å²) in [6, 6.07) is 6.16. The molecule has 1 aromatic carbocycles. The number of hydrogen-bond acceptors (Lipinski definition) is 5. The van der Waals surface area contributed by atoms with Gasteiger partial charge in [0.15, 0.2) is 0 Å². The monoisotopic (exact) mass is 319 g/mol. The van der Waals surface area contributed by atoms with Crippen molar-refractivity contribution in [1.29, 1.82) is 0 Å². The summed E-state index contributed by atoms with van der Waals surface area (Å²) in [5, 5.41) is 20.6. The van der Waals surface area contributed by atoms with E-state index >= 15 is 0 Å². The summed E-state index contributed by atoms with van der Waals surface area (Å²) in [6.07, 6.45) is 4.66. The average Bonchev–Trinajstić information content (AvgIpc) is 3.00. The predicted octanol–water partition coefficient (Wildman–Crippen LogP) is 2.54. The lowest BCUT2D eigenvalue weighted by Crippen LogP contribution is -2.46. The summed E-state index contributed by atoms with van der Waals surface area (Å²) in [4.78, 5) is 15.7. The first-order valence-electron chi connectivity index (χ1n) is 8.49. The molecule has 6 heteroatoms. The minimum Gasteiger partial charge on any atom is -0.392 e. The summed E-state index contributed by atoms with van der Waals surface area (Å²) in [5.74, 6) is 0. The van der Waals surface area contributed by atoms with E-state index in [1.54, 1.807) is 12.1 Å². The van der Waals surface area contributed by atoms with Crippen LogP contribution < -0.4 is 4.90 Å². The minimum atomic E-state index is -0.328. The Morgan fingerprint density at radius 1 is 1.26 bits per heavy atom. The van der Waals surface area contributed by atoms with Crippen LogP contribution >= 0.6 is 0 Å². The van der Waals surface area contributed by atoms with Gasteiger partial charge in [-0.05, 0) is 56.8 Å². The number of nitro benzene ring substituents is 1. The fraction of sp³-hybridized carbons (Fsp3) is 0.647. The van der Waals surface area contributed by atoms with Crippen LogP contribution in [0.5, 0.6) is 0 Å². The normalized spacial score (nSPS) is 23.4. The molecule has 2 heterocycles. The van der Waals surface area contributed by atoms with E-state index in [1.165, 1.54) is 25.5 Å². The van der Waals surface area contributed by atoms with Crippen molar-refractivity contribution in [3.63, 3.8) is 0 Å². The van der Waals surface area contributed by atoms with Crippen LogP contribution in [0.25, 0.3) is 0 Å². The zero-order valence-electron chi connectivity index (χ0n) is 13.6. The van der Waals surface area contributed by atoms with Crippen molar-refractivity contribution < 1.29 is 10.0 Å². The number of nitrogens with zero attached hydrogens (tertiary/aromatic N) is 3. The molecule has 126 valence electrons. The molecule has 2 aliphatic rings. The molecule has 0 amide bonds. The Hall–Kier alpha value is -1.66. The average molecular weight is 319 g/mol. The van der Waals surface area contributed by atoms with Crippen molar-refractivity contribution in [3.8, 4) is 0 Å². The number of anilines is 1. The summed E-state index contributed by atoms with van der Waals surface area (Å²) in [6.45, 7) is 5.07. The first-order valence-corrected chi connectivity index (χ1v) is 8.49. The van der Waals surface area contributed by atoms with Gasteiger partial charge in [-0.25, -0.2) is 0 Å². The molecular weight excluding hydrogens is 294 g/mol. The van der Waals surface area contributed by atoms with E-state index in [-0.39, 0.29) is 17.2 Å². The van der Waals surface area contributed by atoms with Gasteiger partial charge in [-0.15, -0.1) is 0 Å². The second-order valence-corrected chi connectivity index (χ2v) is 6.69. The lowest BCUT2D eigenvalue weighted by atomic mass is 10.0. The fourth-order valence-electron chi connectivity index (χ4n) is 4.01. The third-order valence-electron chi connectivity index (χ3n) is 5.30. The number of rotatable bonds is 4. The first-order chi connectivity index (χ1) is 11.1. The maximum absolute atomic E-state index is 11.3. The van der Waals surface area contributed by atoms with E-state index in [4.69, 9.17) is 0 Å². The number of piperidine rings is 1. The number of aliphatic hydroxyl groups excluding tert-OH is 1. The molecule has 1 N–H and O–H groups in total. The third kappa shape index (κ3) is 3.33. The van der Waals surface area contributed by atoms with Crippen LogP contribution in [0, 0.1) is 10.1 Å². The highest BCUT2D eigenvalue weighted by molar-refractivity contribution is 5.64. The Bertz CT molecular complexity index is 570. The summed E-state index contributed by atoms with van der Waals surface area (Å²) in [5.41, 5.74) is 1.51. The van der Waals surface area contributed by atoms with Crippen molar-refractivity contribution in [1.82, 2.24) is 4.90 Å². The Morgan fingerprint density at radius 3 is 2.57 bits per heavy atom. The standard InChI is InChI=1S/C17H25N3O3/c1-13-3-2-8-19(13)15-6-9-18(10-7-15)17-11-14(12-21)4-5-16(17)20(22)23/h4-5,11,13,15,21H,2-3,6-10,12H2,1H3. The molecule has 2 fully saturated rings. The van der Waals surface area contributed by atoms with E-state index in [1.807, 2.05) is 0 Å².